The molecule has 0 aliphatic carbocycles. The minimum atomic E-state index is -6.53. The molecule has 0 saturated heterocycles. The van der Waals surface area contributed by atoms with E-state index in [-0.39, 0.29) is 10.0 Å². The molecule has 1 aromatic carbocycles. The van der Waals surface area contributed by atoms with Gasteiger partial charge in [0.25, 0.3) is 0 Å². The minimum Gasteiger partial charge on any atom is -0.501 e. The summed E-state index contributed by atoms with van der Waals surface area (Å²) in [5.41, 5.74) is -0.864. The number of nitrogens with one attached hydrogen (secondary N) is 1. The predicted molar refractivity (Wildman–Crippen MR) is 69.1 cm³/mol. The van der Waals surface area contributed by atoms with Gasteiger partial charge < -0.3 is 5.11 Å². The Hall–Kier alpha value is -2.12. The second-order valence-electron chi connectivity index (χ2n) is 4.14. The van der Waals surface area contributed by atoms with E-state index in [0.717, 1.165) is 6.07 Å². The van der Waals surface area contributed by atoms with Gasteiger partial charge in [0.2, 0.25) is 5.75 Å². The van der Waals surface area contributed by atoms with Gasteiger partial charge in [0.15, 0.2) is 0 Å². The first kappa shape index (κ1) is 19.9. The summed E-state index contributed by atoms with van der Waals surface area (Å²) < 4.78 is 86.4. The number of phenols is 1. The fourth-order valence-electron chi connectivity index (χ4n) is 1.25. The van der Waals surface area contributed by atoms with Crippen molar-refractivity contribution in [3.05, 3.63) is 32.3 Å². The maximum absolute atomic E-state index is 12.9. The van der Waals surface area contributed by atoms with Crippen LogP contribution in [0.15, 0.2) is 21.7 Å². The highest BCUT2D eigenvalue weighted by molar-refractivity contribution is 9.10. The number of nitrogens with zero attached hydrogens (tertiary/aromatic N) is 2. The van der Waals surface area contributed by atoms with Gasteiger partial charge in [-0.2, -0.15) is 35.8 Å². The first-order chi connectivity index (χ1) is 10.7. The van der Waals surface area contributed by atoms with Crippen molar-refractivity contribution in [1.82, 2.24) is 5.43 Å². The number of benzene rings is 1. The zero-order valence-corrected chi connectivity index (χ0v) is 12.5. The molecule has 0 aliphatic rings. The molecule has 1 aromatic rings. The Morgan fingerprint density at radius 3 is 2.21 bits per heavy atom. The van der Waals surface area contributed by atoms with E-state index in [1.807, 2.05) is 0 Å². The lowest BCUT2D eigenvalue weighted by molar-refractivity contribution is -0.386. The van der Waals surface area contributed by atoms with Gasteiger partial charge in [0.05, 0.1) is 15.6 Å². The fourth-order valence-corrected chi connectivity index (χ4v) is 1.72. The highest BCUT2D eigenvalue weighted by Crippen LogP contribution is 2.45. The van der Waals surface area contributed by atoms with Gasteiger partial charge >= 0.3 is 23.8 Å². The molecule has 2 N–H and O–H groups in total. The Morgan fingerprint density at radius 2 is 1.75 bits per heavy atom. The van der Waals surface area contributed by atoms with Crippen LogP contribution in [-0.2, 0) is 0 Å². The van der Waals surface area contributed by atoms with E-state index in [0.29, 0.717) is 17.7 Å². The van der Waals surface area contributed by atoms with Gasteiger partial charge in [0, 0.05) is 11.6 Å². The molecule has 0 bridgehead atoms. The third kappa shape index (κ3) is 3.85. The number of hydrogen-bond acceptors (Lipinski definition) is 5. The summed E-state index contributed by atoms with van der Waals surface area (Å²) in [6.07, 6.45) is -6.20. The third-order valence-corrected chi connectivity index (χ3v) is 3.04. The average molecular weight is 428 g/mol. The Balaban J connectivity index is 3.05. The van der Waals surface area contributed by atoms with E-state index in [9.17, 15) is 46.0 Å². The van der Waals surface area contributed by atoms with E-state index in [1.54, 1.807) is 0 Å². The van der Waals surface area contributed by atoms with Gasteiger partial charge in [0.1, 0.15) is 0 Å². The molecule has 0 aliphatic heterocycles. The largest absolute Gasteiger partial charge is 0.501 e. The Bertz CT molecular complexity index is 678. The smallest absolute Gasteiger partial charge is 0.462 e. The quantitative estimate of drug-likeness (QED) is 0.246. The van der Waals surface area contributed by atoms with Crippen LogP contribution in [0.1, 0.15) is 5.56 Å². The maximum atomic E-state index is 12.9. The van der Waals surface area contributed by atoms with Gasteiger partial charge in [-0.3, -0.25) is 10.1 Å². The summed E-state index contributed by atoms with van der Waals surface area (Å²) in [4.78, 5) is 9.58. The zero-order chi connectivity index (χ0) is 18.9. The van der Waals surface area contributed by atoms with Crippen LogP contribution in [0.5, 0.6) is 5.75 Å². The second kappa shape index (κ2) is 6.41. The van der Waals surface area contributed by atoms with Gasteiger partial charge in [-0.1, -0.05) is 0 Å². The molecule has 0 saturated carbocycles. The van der Waals surface area contributed by atoms with Crippen molar-refractivity contribution in [3.8, 4) is 5.75 Å². The molecule has 6 nitrogen and oxygen atoms in total. The molecule has 0 atom stereocenters. The number of hydrogen-bond donors (Lipinski definition) is 2. The lowest BCUT2D eigenvalue weighted by Crippen LogP contribution is -2.58. The Morgan fingerprint density at radius 1 is 1.21 bits per heavy atom. The molecule has 0 aromatic heterocycles. The topological polar surface area (TPSA) is 87.8 Å². The number of nitro groups is 1. The molecule has 0 amide bonds. The van der Waals surface area contributed by atoms with Gasteiger partial charge in [-0.15, -0.1) is 0 Å². The molecule has 0 spiro atoms. The van der Waals surface area contributed by atoms with Crippen molar-refractivity contribution < 1.29 is 40.8 Å². The summed E-state index contributed by atoms with van der Waals surface area (Å²) in [5, 5.41) is 22.5. The van der Waals surface area contributed by atoms with Crippen molar-refractivity contribution in [1.29, 1.82) is 0 Å². The van der Waals surface area contributed by atoms with Crippen LogP contribution in [0.2, 0.25) is 0 Å². The van der Waals surface area contributed by atoms with E-state index in [4.69, 9.17) is 0 Å². The molecule has 24 heavy (non-hydrogen) atoms. The SMILES string of the molecule is O=[N+]([O-])c1cc(/C=N/NC(F)(F)C(F)(F)C(F)(F)F)cc(Br)c1O. The van der Waals surface area contributed by atoms with E-state index in [1.165, 1.54) is 0 Å². The Kier molecular flexibility index (Phi) is 5.32. The number of halogens is 8. The summed E-state index contributed by atoms with van der Waals surface area (Å²) in [5.74, 6) is -7.21. The maximum Gasteiger partial charge on any atom is 0.462 e. The molecule has 0 fully saturated rings. The number of rotatable bonds is 5. The third-order valence-electron chi connectivity index (χ3n) is 2.43. The van der Waals surface area contributed by atoms with Crippen LogP contribution in [0, 0.1) is 10.1 Å². The van der Waals surface area contributed by atoms with Crippen molar-refractivity contribution >= 4 is 27.8 Å². The highest BCUT2D eigenvalue weighted by Gasteiger charge is 2.73. The predicted octanol–water partition coefficient (Wildman–Crippen LogP) is 3.78. The van der Waals surface area contributed by atoms with Crippen LogP contribution < -0.4 is 5.43 Å². The molecule has 134 valence electrons. The standard InChI is InChI=1S/C10H5BrF7N3O3/c11-5-1-4(2-6(7(5)22)21(23)24)3-19-20-10(17,18)8(12,13)9(14,15)16/h1-3,20,22H/b19-3+. The van der Waals surface area contributed by atoms with E-state index >= 15 is 0 Å². The number of hydrazone groups is 1. The summed E-state index contributed by atoms with van der Waals surface area (Å²) in [6, 6.07) is -4.21. The molecule has 14 heteroatoms. The number of nitro benzene ring substituents is 1. The van der Waals surface area contributed by atoms with Crippen LogP contribution in [0.3, 0.4) is 0 Å². The summed E-state index contributed by atoms with van der Waals surface area (Å²) >= 11 is 2.70. The Labute approximate surface area is 136 Å². The van der Waals surface area contributed by atoms with Crippen LogP contribution in [0.4, 0.5) is 36.4 Å². The van der Waals surface area contributed by atoms with Crippen LogP contribution in [-0.4, -0.2) is 34.4 Å². The van der Waals surface area contributed by atoms with Crippen molar-refractivity contribution in [2.75, 3.05) is 0 Å². The molecule has 0 radical (unpaired) electrons. The average Bonchev–Trinajstić information content (AvgIpc) is 2.40. The number of aromatic hydroxyl groups is 1. The summed E-state index contributed by atoms with van der Waals surface area (Å²) in [7, 11) is 0. The van der Waals surface area contributed by atoms with Gasteiger partial charge in [-0.05, 0) is 22.0 Å². The normalized spacial score (nSPS) is 13.3. The fraction of sp³-hybridized carbons (Fsp3) is 0.300. The first-order valence-electron chi connectivity index (χ1n) is 5.50. The van der Waals surface area contributed by atoms with Gasteiger partial charge in [-0.25, -0.2) is 5.43 Å². The number of alkyl halides is 7. The molecule has 1 rings (SSSR count). The molecular formula is C10H5BrF7N3O3. The van der Waals surface area contributed by atoms with E-state index in [2.05, 4.69) is 21.0 Å². The second-order valence-corrected chi connectivity index (χ2v) is 5.00. The minimum absolute atomic E-state index is 0.259. The van der Waals surface area contributed by atoms with Crippen LogP contribution >= 0.6 is 15.9 Å². The lowest BCUT2D eigenvalue weighted by Gasteiger charge is -2.27. The molecular weight excluding hydrogens is 423 g/mol. The van der Waals surface area contributed by atoms with Crippen molar-refractivity contribution in [2.24, 2.45) is 5.10 Å². The highest BCUT2D eigenvalue weighted by atomic mass is 79.9. The molecule has 0 heterocycles. The zero-order valence-electron chi connectivity index (χ0n) is 10.9. The van der Waals surface area contributed by atoms with E-state index < -0.39 is 34.5 Å². The van der Waals surface area contributed by atoms with Crippen molar-refractivity contribution in [2.45, 2.75) is 18.1 Å². The number of phenolic OH excluding ortho intramolecular Hbond substituents is 1. The van der Waals surface area contributed by atoms with Crippen molar-refractivity contribution in [3.63, 3.8) is 0 Å². The van der Waals surface area contributed by atoms with Crippen LogP contribution in [0.25, 0.3) is 0 Å². The first-order valence-corrected chi connectivity index (χ1v) is 6.29. The lowest BCUT2D eigenvalue weighted by atomic mass is 10.2. The summed E-state index contributed by atoms with van der Waals surface area (Å²) in [6.45, 7) is 0. The monoisotopic (exact) mass is 427 g/mol. The molecule has 0 unspecified atom stereocenters.